The highest BCUT2D eigenvalue weighted by Gasteiger charge is 2.45. The number of benzene rings is 1. The summed E-state index contributed by atoms with van der Waals surface area (Å²) in [4.78, 5) is 1.44. The molecule has 1 aromatic heterocycles. The topological polar surface area (TPSA) is 21.3 Å². The van der Waals surface area contributed by atoms with Crippen LogP contribution in [0.3, 0.4) is 0 Å². The van der Waals surface area contributed by atoms with Crippen LogP contribution in [0.2, 0.25) is 0 Å². The second kappa shape index (κ2) is 7.13. The predicted molar refractivity (Wildman–Crippen MR) is 106 cm³/mol. The normalized spacial score (nSPS) is 28.7. The second-order valence-electron chi connectivity index (χ2n) is 7.94. The van der Waals surface area contributed by atoms with E-state index in [0.717, 1.165) is 18.2 Å². The fraction of sp³-hybridized carbons (Fsp3) is 0.545. The maximum Gasteiger partial charge on any atom is 0.119 e. The van der Waals surface area contributed by atoms with Crippen molar-refractivity contribution in [2.75, 3.05) is 7.11 Å². The molecule has 1 aromatic carbocycles. The summed E-state index contributed by atoms with van der Waals surface area (Å²) >= 11 is 1.86. The van der Waals surface area contributed by atoms with Gasteiger partial charge in [0.1, 0.15) is 5.75 Å². The van der Waals surface area contributed by atoms with Crippen LogP contribution in [0, 0.1) is 5.92 Å². The molecule has 0 spiro atoms. The lowest BCUT2D eigenvalue weighted by molar-refractivity contribution is 0.165. The van der Waals surface area contributed by atoms with Crippen molar-refractivity contribution >= 4 is 11.3 Å². The van der Waals surface area contributed by atoms with Gasteiger partial charge in [0.05, 0.1) is 7.11 Å². The van der Waals surface area contributed by atoms with Crippen LogP contribution in [0.25, 0.3) is 0 Å². The van der Waals surface area contributed by atoms with E-state index in [4.69, 9.17) is 4.74 Å². The van der Waals surface area contributed by atoms with Crippen molar-refractivity contribution in [1.29, 1.82) is 0 Å². The number of rotatable bonds is 4. The zero-order valence-corrected chi connectivity index (χ0v) is 16.2. The van der Waals surface area contributed by atoms with Gasteiger partial charge >= 0.3 is 0 Å². The van der Waals surface area contributed by atoms with Gasteiger partial charge in [-0.1, -0.05) is 38.3 Å². The van der Waals surface area contributed by atoms with Gasteiger partial charge in [0.2, 0.25) is 0 Å². The zero-order chi connectivity index (χ0) is 17.3. The summed E-state index contributed by atoms with van der Waals surface area (Å²) in [5.41, 5.74) is 3.27. The van der Waals surface area contributed by atoms with Gasteiger partial charge in [0.25, 0.3) is 0 Å². The first kappa shape index (κ1) is 17.1. The molecule has 2 aliphatic carbocycles. The molecule has 2 aromatic rings. The highest BCUT2D eigenvalue weighted by molar-refractivity contribution is 7.09. The van der Waals surface area contributed by atoms with Crippen LogP contribution in [-0.2, 0) is 18.4 Å². The Morgan fingerprint density at radius 1 is 1.24 bits per heavy atom. The fourth-order valence-corrected chi connectivity index (χ4v) is 5.79. The van der Waals surface area contributed by atoms with Crippen molar-refractivity contribution in [1.82, 2.24) is 5.32 Å². The first-order chi connectivity index (χ1) is 12.2. The summed E-state index contributed by atoms with van der Waals surface area (Å²) in [6, 6.07) is 11.7. The number of hydrogen-bond acceptors (Lipinski definition) is 3. The van der Waals surface area contributed by atoms with E-state index in [1.54, 1.807) is 12.7 Å². The molecule has 1 fully saturated rings. The predicted octanol–water partition coefficient (Wildman–Crippen LogP) is 5.31. The molecule has 3 unspecified atom stereocenters. The second-order valence-corrected chi connectivity index (χ2v) is 8.97. The summed E-state index contributed by atoms with van der Waals surface area (Å²) < 4.78 is 5.55. The number of hydrogen-bond donors (Lipinski definition) is 1. The average molecular weight is 356 g/mol. The summed E-state index contributed by atoms with van der Waals surface area (Å²) in [6.07, 6.45) is 7.91. The van der Waals surface area contributed by atoms with Gasteiger partial charge < -0.3 is 10.1 Å². The molecule has 1 heterocycles. The van der Waals surface area contributed by atoms with E-state index in [9.17, 15) is 0 Å². The third-order valence-corrected chi connectivity index (χ3v) is 7.30. The quantitative estimate of drug-likeness (QED) is 0.802. The molecule has 0 radical (unpaired) electrons. The van der Waals surface area contributed by atoms with Crippen LogP contribution >= 0.6 is 11.3 Å². The van der Waals surface area contributed by atoms with Gasteiger partial charge in [-0.3, -0.25) is 0 Å². The number of thiophene rings is 1. The van der Waals surface area contributed by atoms with Gasteiger partial charge in [0.15, 0.2) is 0 Å². The van der Waals surface area contributed by atoms with Crippen LogP contribution in [-0.4, -0.2) is 13.2 Å². The molecule has 1 N–H and O–H groups in total. The Morgan fingerprint density at radius 3 is 2.96 bits per heavy atom. The Morgan fingerprint density at radius 2 is 2.16 bits per heavy atom. The minimum atomic E-state index is 0.199. The number of fused-ring (bicyclic) bond motifs is 4. The van der Waals surface area contributed by atoms with Crippen molar-refractivity contribution in [3.05, 3.63) is 51.7 Å². The largest absolute Gasteiger partial charge is 0.497 e. The minimum absolute atomic E-state index is 0.199. The van der Waals surface area contributed by atoms with Gasteiger partial charge in [-0.25, -0.2) is 0 Å². The maximum absolute atomic E-state index is 5.55. The maximum atomic E-state index is 5.55. The van der Waals surface area contributed by atoms with E-state index >= 15 is 0 Å². The molecule has 3 atom stereocenters. The number of methoxy groups -OCH3 is 1. The summed E-state index contributed by atoms with van der Waals surface area (Å²) in [7, 11) is 1.78. The SMILES string of the molecule is COc1ccc2c(c1)C1(C)CCCCCC(C2)C1NCc1cccs1. The summed E-state index contributed by atoms with van der Waals surface area (Å²) in [5.74, 6) is 1.74. The Hall–Kier alpha value is -1.32. The van der Waals surface area contributed by atoms with Crippen molar-refractivity contribution in [3.8, 4) is 5.75 Å². The lowest BCUT2D eigenvalue weighted by atomic mass is 9.59. The Kier molecular flexibility index (Phi) is 4.88. The first-order valence-electron chi connectivity index (χ1n) is 9.64. The molecule has 3 heteroatoms. The lowest BCUT2D eigenvalue weighted by Gasteiger charge is -2.49. The Bertz CT molecular complexity index is 711. The zero-order valence-electron chi connectivity index (χ0n) is 15.4. The Labute approximate surface area is 155 Å². The van der Waals surface area contributed by atoms with Gasteiger partial charge in [0, 0.05) is 22.9 Å². The van der Waals surface area contributed by atoms with Crippen molar-refractivity contribution in [2.45, 2.75) is 63.5 Å². The average Bonchev–Trinajstić information content (AvgIpc) is 3.13. The van der Waals surface area contributed by atoms with Gasteiger partial charge in [-0.15, -0.1) is 11.3 Å². The van der Waals surface area contributed by atoms with Crippen LogP contribution < -0.4 is 10.1 Å². The number of nitrogens with one attached hydrogen (secondary N) is 1. The Balaban J connectivity index is 1.70. The molecule has 0 aliphatic heterocycles. The van der Waals surface area contributed by atoms with E-state index in [-0.39, 0.29) is 5.41 Å². The van der Waals surface area contributed by atoms with Crippen LogP contribution in [0.4, 0.5) is 0 Å². The smallest absolute Gasteiger partial charge is 0.119 e. The number of ether oxygens (including phenoxy) is 1. The standard InChI is InChI=1S/C22H29NOS/c1-22-11-5-3-4-7-17(21(22)23-15-19-8-6-12-25-19)13-16-9-10-18(24-2)14-20(16)22/h6,8-10,12,14,17,21,23H,3-5,7,11,13,15H2,1-2H3. The van der Waals surface area contributed by atoms with Crippen molar-refractivity contribution < 1.29 is 4.74 Å². The first-order valence-corrected chi connectivity index (χ1v) is 10.5. The monoisotopic (exact) mass is 355 g/mol. The molecule has 4 rings (SSSR count). The molecule has 0 amide bonds. The van der Waals surface area contributed by atoms with Crippen LogP contribution in [0.15, 0.2) is 35.7 Å². The molecule has 25 heavy (non-hydrogen) atoms. The summed E-state index contributed by atoms with van der Waals surface area (Å²) in [5, 5.41) is 6.16. The van der Waals surface area contributed by atoms with Gasteiger partial charge in [-0.2, -0.15) is 0 Å². The third-order valence-electron chi connectivity index (χ3n) is 6.42. The third kappa shape index (κ3) is 3.24. The lowest BCUT2D eigenvalue weighted by Crippen LogP contribution is -2.55. The fourth-order valence-electron chi connectivity index (χ4n) is 5.13. The highest BCUT2D eigenvalue weighted by Crippen LogP contribution is 2.47. The molecule has 2 nitrogen and oxygen atoms in total. The molecule has 2 aliphatic rings. The minimum Gasteiger partial charge on any atom is -0.497 e. The summed E-state index contributed by atoms with van der Waals surface area (Å²) in [6.45, 7) is 3.49. The van der Waals surface area contributed by atoms with Crippen LogP contribution in [0.5, 0.6) is 5.75 Å². The van der Waals surface area contributed by atoms with E-state index in [0.29, 0.717) is 6.04 Å². The molecular weight excluding hydrogens is 326 g/mol. The van der Waals surface area contributed by atoms with Crippen molar-refractivity contribution in [2.24, 2.45) is 5.92 Å². The van der Waals surface area contributed by atoms with Crippen LogP contribution in [0.1, 0.15) is 55.0 Å². The van der Waals surface area contributed by atoms with Crippen molar-refractivity contribution in [3.63, 3.8) is 0 Å². The molecule has 134 valence electrons. The van der Waals surface area contributed by atoms with Gasteiger partial charge in [-0.05, 0) is 59.9 Å². The van der Waals surface area contributed by atoms with E-state index in [1.165, 1.54) is 49.0 Å². The molecule has 2 bridgehead atoms. The molecule has 1 saturated carbocycles. The highest BCUT2D eigenvalue weighted by atomic mass is 32.1. The molecular formula is C22H29NOS. The van der Waals surface area contributed by atoms with E-state index in [2.05, 4.69) is 48.0 Å². The van der Waals surface area contributed by atoms with E-state index < -0.39 is 0 Å². The van der Waals surface area contributed by atoms with E-state index in [1.807, 2.05) is 11.3 Å². The molecule has 0 saturated heterocycles.